The Morgan fingerprint density at radius 3 is 2.36 bits per heavy atom. The molecule has 1 aliphatic heterocycles. The van der Waals surface area contributed by atoms with Crippen LogP contribution < -0.4 is 0 Å². The normalized spacial score (nSPS) is 18.7. The Morgan fingerprint density at radius 1 is 1.00 bits per heavy atom. The Labute approximate surface area is 198 Å². The van der Waals surface area contributed by atoms with Crippen LogP contribution in [0.5, 0.6) is 0 Å². The molecule has 1 aliphatic rings. The summed E-state index contributed by atoms with van der Waals surface area (Å²) in [5.41, 5.74) is 3.30. The van der Waals surface area contributed by atoms with Gasteiger partial charge < -0.3 is 9.32 Å². The van der Waals surface area contributed by atoms with Gasteiger partial charge in [0.2, 0.25) is 0 Å². The van der Waals surface area contributed by atoms with Crippen LogP contribution in [0, 0.1) is 25.7 Å². The molecule has 3 aromatic rings. The highest BCUT2D eigenvalue weighted by molar-refractivity contribution is 5.94. The molecular weight excluding hydrogens is 408 g/mol. The van der Waals surface area contributed by atoms with Gasteiger partial charge in [-0.3, -0.25) is 9.69 Å². The van der Waals surface area contributed by atoms with Crippen molar-refractivity contribution in [2.75, 3.05) is 26.2 Å². The smallest absolute Gasteiger partial charge is 0.253 e. The average Bonchev–Trinajstić information content (AvgIpc) is 3.39. The number of carbonyl (C=O) groups is 1. The lowest BCUT2D eigenvalue weighted by Crippen LogP contribution is -2.39. The fraction of sp³-hybridized carbons (Fsp3) is 0.414. The molecule has 0 N–H and O–H groups in total. The highest BCUT2D eigenvalue weighted by Crippen LogP contribution is 2.34. The van der Waals surface area contributed by atoms with Crippen LogP contribution >= 0.6 is 0 Å². The molecular formula is C29H36N2O2. The zero-order chi connectivity index (χ0) is 23.4. The van der Waals surface area contributed by atoms with Gasteiger partial charge in [0.15, 0.2) is 0 Å². The van der Waals surface area contributed by atoms with Crippen molar-refractivity contribution in [3.05, 3.63) is 94.9 Å². The van der Waals surface area contributed by atoms with Gasteiger partial charge in [-0.1, -0.05) is 61.9 Å². The zero-order valence-corrected chi connectivity index (χ0v) is 20.3. The number of furan rings is 1. The van der Waals surface area contributed by atoms with Gasteiger partial charge in [-0.2, -0.15) is 0 Å². The van der Waals surface area contributed by atoms with E-state index < -0.39 is 0 Å². The fourth-order valence-corrected chi connectivity index (χ4v) is 4.99. The first-order valence-electron chi connectivity index (χ1n) is 12.1. The molecule has 33 heavy (non-hydrogen) atoms. The molecule has 0 radical (unpaired) electrons. The quantitative estimate of drug-likeness (QED) is 0.433. The molecule has 1 fully saturated rings. The first kappa shape index (κ1) is 23.3. The maximum atomic E-state index is 13.5. The van der Waals surface area contributed by atoms with Crippen LogP contribution in [0.3, 0.4) is 0 Å². The Bertz CT molecular complexity index is 1040. The lowest BCUT2D eigenvalue weighted by molar-refractivity contribution is 0.0703. The lowest BCUT2D eigenvalue weighted by atomic mass is 9.88. The molecule has 1 saturated heterocycles. The summed E-state index contributed by atoms with van der Waals surface area (Å²) in [6.07, 6.45) is 0. The third kappa shape index (κ3) is 5.94. The summed E-state index contributed by atoms with van der Waals surface area (Å²) in [6.45, 7) is 12.7. The van der Waals surface area contributed by atoms with E-state index in [1.54, 1.807) is 0 Å². The number of carbonyl (C=O) groups excluding carboxylic acids is 1. The van der Waals surface area contributed by atoms with Crippen LogP contribution in [-0.2, 0) is 6.54 Å². The van der Waals surface area contributed by atoms with Crippen LogP contribution in [0.25, 0.3) is 0 Å². The van der Waals surface area contributed by atoms with Gasteiger partial charge in [0.25, 0.3) is 5.91 Å². The zero-order valence-electron chi connectivity index (χ0n) is 20.3. The summed E-state index contributed by atoms with van der Waals surface area (Å²) < 4.78 is 5.85. The van der Waals surface area contributed by atoms with Gasteiger partial charge in [-0.15, -0.1) is 0 Å². The van der Waals surface area contributed by atoms with Gasteiger partial charge in [0.05, 0.1) is 6.54 Å². The van der Waals surface area contributed by atoms with E-state index in [0.717, 1.165) is 49.8 Å². The molecule has 2 aromatic carbocycles. The second-order valence-corrected chi connectivity index (χ2v) is 9.95. The van der Waals surface area contributed by atoms with Crippen molar-refractivity contribution in [1.82, 2.24) is 9.80 Å². The lowest BCUT2D eigenvalue weighted by Gasteiger charge is -2.30. The fourth-order valence-electron chi connectivity index (χ4n) is 4.99. The number of aryl methyl sites for hydroxylation is 2. The summed E-state index contributed by atoms with van der Waals surface area (Å²) in [5.74, 6) is 3.27. The van der Waals surface area contributed by atoms with Gasteiger partial charge in [0, 0.05) is 37.7 Å². The molecule has 4 nitrogen and oxygen atoms in total. The van der Waals surface area contributed by atoms with Crippen LogP contribution in [0.1, 0.15) is 52.8 Å². The minimum Gasteiger partial charge on any atom is -0.465 e. The van der Waals surface area contributed by atoms with E-state index in [2.05, 4.69) is 67.0 Å². The second-order valence-electron chi connectivity index (χ2n) is 9.95. The maximum Gasteiger partial charge on any atom is 0.253 e. The van der Waals surface area contributed by atoms with Gasteiger partial charge in [0.1, 0.15) is 11.5 Å². The number of nitrogens with zero attached hydrogens (tertiary/aromatic N) is 2. The molecule has 174 valence electrons. The summed E-state index contributed by atoms with van der Waals surface area (Å²) in [4.78, 5) is 18.1. The van der Waals surface area contributed by atoms with E-state index in [0.29, 0.717) is 17.8 Å². The third-order valence-corrected chi connectivity index (χ3v) is 6.55. The molecule has 0 spiro atoms. The van der Waals surface area contributed by atoms with E-state index in [1.165, 1.54) is 11.1 Å². The van der Waals surface area contributed by atoms with E-state index in [1.807, 2.05) is 37.3 Å². The van der Waals surface area contributed by atoms with Crippen molar-refractivity contribution in [2.45, 2.75) is 40.2 Å². The van der Waals surface area contributed by atoms with E-state index >= 15 is 0 Å². The molecule has 4 heteroatoms. The molecule has 2 heterocycles. The highest BCUT2D eigenvalue weighted by atomic mass is 16.3. The summed E-state index contributed by atoms with van der Waals surface area (Å²) >= 11 is 0. The Hall–Kier alpha value is -2.85. The van der Waals surface area contributed by atoms with Crippen molar-refractivity contribution in [3.63, 3.8) is 0 Å². The topological polar surface area (TPSA) is 36.7 Å². The van der Waals surface area contributed by atoms with Crippen molar-refractivity contribution in [1.29, 1.82) is 0 Å². The van der Waals surface area contributed by atoms with Crippen molar-refractivity contribution >= 4 is 5.91 Å². The second kappa shape index (κ2) is 10.4. The Kier molecular flexibility index (Phi) is 7.34. The van der Waals surface area contributed by atoms with Gasteiger partial charge >= 0.3 is 0 Å². The third-order valence-electron chi connectivity index (χ3n) is 6.55. The minimum atomic E-state index is 0.135. The van der Waals surface area contributed by atoms with Crippen LogP contribution in [0.15, 0.2) is 71.1 Å². The molecule has 2 atom stereocenters. The predicted molar refractivity (Wildman–Crippen MR) is 133 cm³/mol. The van der Waals surface area contributed by atoms with Gasteiger partial charge in [-0.25, -0.2) is 0 Å². The van der Waals surface area contributed by atoms with Crippen LogP contribution in [0.4, 0.5) is 0 Å². The molecule has 0 unspecified atom stereocenters. The SMILES string of the molecule is Cc1ccc(C(=O)N(CC(C)C)C[C@@H]2CN(Cc3ccc(C)o3)C[C@@H]2c2ccccc2)cc1. The van der Waals surface area contributed by atoms with Crippen molar-refractivity contribution < 1.29 is 9.21 Å². The number of hydrogen-bond donors (Lipinski definition) is 0. The molecule has 0 saturated carbocycles. The molecule has 0 aliphatic carbocycles. The predicted octanol–water partition coefficient (Wildman–Crippen LogP) is 5.91. The maximum absolute atomic E-state index is 13.5. The molecule has 4 rings (SSSR count). The largest absolute Gasteiger partial charge is 0.465 e. The molecule has 0 bridgehead atoms. The van der Waals surface area contributed by atoms with Crippen molar-refractivity contribution in [3.8, 4) is 0 Å². The number of likely N-dealkylation sites (tertiary alicyclic amines) is 1. The molecule has 1 aromatic heterocycles. The number of amides is 1. The number of benzene rings is 2. The highest BCUT2D eigenvalue weighted by Gasteiger charge is 2.36. The first-order valence-corrected chi connectivity index (χ1v) is 12.1. The van der Waals surface area contributed by atoms with Gasteiger partial charge in [-0.05, 0) is 55.5 Å². The number of rotatable bonds is 8. The monoisotopic (exact) mass is 444 g/mol. The van der Waals surface area contributed by atoms with E-state index in [-0.39, 0.29) is 5.91 Å². The van der Waals surface area contributed by atoms with Crippen LogP contribution in [-0.4, -0.2) is 41.9 Å². The summed E-state index contributed by atoms with van der Waals surface area (Å²) in [5, 5.41) is 0. The standard InChI is InChI=1S/C29H36N2O2/c1-21(2)16-31(29(32)25-13-10-22(3)11-14-25)18-26-17-30(19-27-15-12-23(4)33-27)20-28(26)24-8-6-5-7-9-24/h5-15,21,26,28H,16-20H2,1-4H3/t26-,28+/m0/s1. The van der Waals surface area contributed by atoms with Crippen LogP contribution in [0.2, 0.25) is 0 Å². The molecule has 1 amide bonds. The average molecular weight is 445 g/mol. The van der Waals surface area contributed by atoms with E-state index in [9.17, 15) is 4.79 Å². The van der Waals surface area contributed by atoms with E-state index in [4.69, 9.17) is 4.42 Å². The first-order chi connectivity index (χ1) is 15.9. The van der Waals surface area contributed by atoms with Crippen molar-refractivity contribution in [2.24, 2.45) is 11.8 Å². The summed E-state index contributed by atoms with van der Waals surface area (Å²) in [7, 11) is 0. The Morgan fingerprint density at radius 2 is 1.73 bits per heavy atom. The minimum absolute atomic E-state index is 0.135. The summed E-state index contributed by atoms with van der Waals surface area (Å²) in [6, 6.07) is 22.8. The Balaban J connectivity index is 1.56. The number of hydrogen-bond acceptors (Lipinski definition) is 3.